The molecule has 1 amide bonds. The van der Waals surface area contributed by atoms with Gasteiger partial charge in [-0.05, 0) is 37.8 Å². The lowest BCUT2D eigenvalue weighted by Crippen LogP contribution is -2.43. The first-order valence-corrected chi connectivity index (χ1v) is 7.61. The lowest BCUT2D eigenvalue weighted by molar-refractivity contribution is -0.119. The molecule has 2 heteroatoms. The number of hydrogen-bond donors (Lipinski definition) is 0. The monoisotopic (exact) mass is 259 g/mol. The van der Waals surface area contributed by atoms with Gasteiger partial charge in [0, 0.05) is 18.2 Å². The Morgan fingerprint density at radius 3 is 2.42 bits per heavy atom. The molecule has 1 aromatic carbocycles. The molecule has 0 heterocycles. The molecule has 0 aromatic heterocycles. The summed E-state index contributed by atoms with van der Waals surface area (Å²) < 4.78 is 0. The van der Waals surface area contributed by atoms with Crippen LogP contribution in [0.5, 0.6) is 0 Å². The minimum absolute atomic E-state index is 0.240. The quantitative estimate of drug-likeness (QED) is 0.785. The highest BCUT2D eigenvalue weighted by molar-refractivity contribution is 5.93. The summed E-state index contributed by atoms with van der Waals surface area (Å²) in [5.41, 5.74) is 1.05. The highest BCUT2D eigenvalue weighted by atomic mass is 16.2. The molecule has 0 spiro atoms. The van der Waals surface area contributed by atoms with E-state index in [0.717, 1.165) is 5.69 Å². The third-order valence-electron chi connectivity index (χ3n) is 4.34. The van der Waals surface area contributed by atoms with E-state index in [2.05, 4.69) is 6.92 Å². The minimum atomic E-state index is 0.240. The molecule has 0 saturated heterocycles. The molecule has 2 rings (SSSR count). The van der Waals surface area contributed by atoms with Crippen molar-refractivity contribution in [1.82, 2.24) is 0 Å². The largest absolute Gasteiger partial charge is 0.309 e. The van der Waals surface area contributed by atoms with Crippen LogP contribution in [0.4, 0.5) is 5.69 Å². The molecule has 2 nitrogen and oxygen atoms in total. The Morgan fingerprint density at radius 2 is 1.84 bits per heavy atom. The zero-order valence-electron chi connectivity index (χ0n) is 12.1. The predicted octanol–water partition coefficient (Wildman–Crippen LogP) is 4.40. The molecule has 0 bridgehead atoms. The van der Waals surface area contributed by atoms with Gasteiger partial charge in [-0.25, -0.2) is 0 Å². The lowest BCUT2D eigenvalue weighted by atomic mass is 9.83. The molecule has 1 unspecified atom stereocenters. The third kappa shape index (κ3) is 3.37. The van der Waals surface area contributed by atoms with Crippen molar-refractivity contribution in [1.29, 1.82) is 0 Å². The summed E-state index contributed by atoms with van der Waals surface area (Å²) in [5.74, 6) is 0.897. The van der Waals surface area contributed by atoms with E-state index in [1.54, 1.807) is 0 Å². The van der Waals surface area contributed by atoms with Crippen LogP contribution in [0.15, 0.2) is 30.3 Å². The van der Waals surface area contributed by atoms with Crippen molar-refractivity contribution in [2.45, 2.75) is 58.4 Å². The van der Waals surface area contributed by atoms with Gasteiger partial charge < -0.3 is 4.90 Å². The Morgan fingerprint density at radius 1 is 1.21 bits per heavy atom. The second-order valence-electron chi connectivity index (χ2n) is 5.59. The van der Waals surface area contributed by atoms with Gasteiger partial charge in [0.1, 0.15) is 0 Å². The zero-order valence-corrected chi connectivity index (χ0v) is 12.1. The lowest BCUT2D eigenvalue weighted by Gasteiger charge is -2.36. The summed E-state index contributed by atoms with van der Waals surface area (Å²) in [7, 11) is 0. The molecular weight excluding hydrogens is 234 g/mol. The molecule has 0 aliphatic heterocycles. The van der Waals surface area contributed by atoms with Crippen molar-refractivity contribution < 1.29 is 4.79 Å². The van der Waals surface area contributed by atoms with Gasteiger partial charge in [-0.1, -0.05) is 44.4 Å². The summed E-state index contributed by atoms with van der Waals surface area (Å²) in [5, 5.41) is 0. The predicted molar refractivity (Wildman–Crippen MR) is 80.3 cm³/mol. The van der Waals surface area contributed by atoms with Crippen LogP contribution < -0.4 is 4.90 Å². The van der Waals surface area contributed by atoms with Gasteiger partial charge in [-0.15, -0.1) is 0 Å². The van der Waals surface area contributed by atoms with Crippen LogP contribution in [0.2, 0.25) is 0 Å². The first-order valence-electron chi connectivity index (χ1n) is 7.61. The van der Waals surface area contributed by atoms with Gasteiger partial charge in [0.25, 0.3) is 0 Å². The smallest absolute Gasteiger partial charge is 0.226 e. The summed E-state index contributed by atoms with van der Waals surface area (Å²) in [4.78, 5) is 14.3. The molecular formula is C17H25NO. The summed E-state index contributed by atoms with van der Waals surface area (Å²) in [6.07, 6.45) is 7.10. The standard InChI is InChI=1S/C17H25NO/c1-3-17(19)18(16-12-8-5-9-13-16)14(2)15-10-6-4-7-11-15/h5,8-9,12-15H,3-4,6-7,10-11H2,1-2H3. The zero-order chi connectivity index (χ0) is 13.7. The van der Waals surface area contributed by atoms with Gasteiger partial charge in [0.15, 0.2) is 0 Å². The average Bonchev–Trinajstić information content (AvgIpc) is 2.49. The summed E-state index contributed by atoms with van der Waals surface area (Å²) in [6.45, 7) is 4.17. The fourth-order valence-electron chi connectivity index (χ4n) is 3.19. The molecule has 1 aliphatic carbocycles. The van der Waals surface area contributed by atoms with Crippen LogP contribution in [0, 0.1) is 5.92 Å². The third-order valence-corrected chi connectivity index (χ3v) is 4.34. The van der Waals surface area contributed by atoms with E-state index in [4.69, 9.17) is 0 Å². The summed E-state index contributed by atoms with van der Waals surface area (Å²) in [6, 6.07) is 10.4. The minimum Gasteiger partial charge on any atom is -0.309 e. The molecule has 1 atom stereocenters. The molecule has 19 heavy (non-hydrogen) atoms. The number of anilines is 1. The van der Waals surface area contributed by atoms with Gasteiger partial charge >= 0.3 is 0 Å². The van der Waals surface area contributed by atoms with Crippen LogP contribution >= 0.6 is 0 Å². The number of amides is 1. The number of carbonyl (C=O) groups is 1. The van der Waals surface area contributed by atoms with E-state index < -0.39 is 0 Å². The molecule has 0 radical (unpaired) electrons. The van der Waals surface area contributed by atoms with Crippen molar-refractivity contribution in [3.63, 3.8) is 0 Å². The molecule has 0 N–H and O–H groups in total. The number of carbonyl (C=O) groups excluding carboxylic acids is 1. The van der Waals surface area contributed by atoms with E-state index in [9.17, 15) is 4.79 Å². The van der Waals surface area contributed by atoms with Crippen LogP contribution in [-0.4, -0.2) is 11.9 Å². The molecule has 1 aliphatic rings. The maximum Gasteiger partial charge on any atom is 0.226 e. The van der Waals surface area contributed by atoms with Gasteiger partial charge in [-0.3, -0.25) is 4.79 Å². The SMILES string of the molecule is CCC(=O)N(c1ccccc1)C(C)C1CCCCC1. The fraction of sp³-hybridized carbons (Fsp3) is 0.588. The molecule has 1 saturated carbocycles. The van der Waals surface area contributed by atoms with Crippen LogP contribution in [0.1, 0.15) is 52.4 Å². The Labute approximate surface area is 116 Å². The average molecular weight is 259 g/mol. The number of para-hydroxylation sites is 1. The second-order valence-corrected chi connectivity index (χ2v) is 5.59. The van der Waals surface area contributed by atoms with E-state index in [1.807, 2.05) is 42.2 Å². The Kier molecular flexibility index (Phi) is 5.00. The maximum absolute atomic E-state index is 12.3. The number of rotatable bonds is 4. The van der Waals surface area contributed by atoms with Crippen LogP contribution in [0.3, 0.4) is 0 Å². The second kappa shape index (κ2) is 6.74. The van der Waals surface area contributed by atoms with Crippen LogP contribution in [-0.2, 0) is 4.79 Å². The highest BCUT2D eigenvalue weighted by Crippen LogP contribution is 2.31. The molecule has 1 aromatic rings. The first kappa shape index (κ1) is 14.1. The maximum atomic E-state index is 12.3. The van der Waals surface area contributed by atoms with E-state index in [-0.39, 0.29) is 5.91 Å². The van der Waals surface area contributed by atoms with Gasteiger partial charge in [-0.2, -0.15) is 0 Å². The number of hydrogen-bond acceptors (Lipinski definition) is 1. The fourth-order valence-corrected chi connectivity index (χ4v) is 3.19. The van der Waals surface area contributed by atoms with E-state index >= 15 is 0 Å². The number of benzene rings is 1. The molecule has 104 valence electrons. The number of nitrogens with zero attached hydrogens (tertiary/aromatic N) is 1. The van der Waals surface area contributed by atoms with Crippen molar-refractivity contribution >= 4 is 11.6 Å². The Hall–Kier alpha value is -1.31. The topological polar surface area (TPSA) is 20.3 Å². The van der Waals surface area contributed by atoms with Gasteiger partial charge in [0.05, 0.1) is 0 Å². The highest BCUT2D eigenvalue weighted by Gasteiger charge is 2.28. The Bertz CT molecular complexity index is 395. The van der Waals surface area contributed by atoms with Crippen molar-refractivity contribution in [2.75, 3.05) is 4.90 Å². The van der Waals surface area contributed by atoms with E-state index in [0.29, 0.717) is 18.4 Å². The normalized spacial score (nSPS) is 18.0. The Balaban J connectivity index is 2.19. The summed E-state index contributed by atoms with van der Waals surface area (Å²) >= 11 is 0. The molecule has 1 fully saturated rings. The van der Waals surface area contributed by atoms with Crippen molar-refractivity contribution in [3.8, 4) is 0 Å². The van der Waals surface area contributed by atoms with Crippen molar-refractivity contribution in [2.24, 2.45) is 5.92 Å². The van der Waals surface area contributed by atoms with Gasteiger partial charge in [0.2, 0.25) is 5.91 Å². The van der Waals surface area contributed by atoms with E-state index in [1.165, 1.54) is 32.1 Å². The van der Waals surface area contributed by atoms with Crippen molar-refractivity contribution in [3.05, 3.63) is 30.3 Å². The van der Waals surface area contributed by atoms with Crippen LogP contribution in [0.25, 0.3) is 0 Å². The first-order chi connectivity index (χ1) is 9.24.